The molecule has 1 fully saturated rings. The number of ether oxygens (including phenoxy) is 2. The first kappa shape index (κ1) is 52.6. The Morgan fingerprint density at radius 3 is 1.68 bits per heavy atom. The van der Waals surface area contributed by atoms with Crippen molar-refractivity contribution >= 4 is 16.3 Å². The van der Waals surface area contributed by atoms with Gasteiger partial charge in [0.1, 0.15) is 30.5 Å². The molecule has 0 aromatic rings. The van der Waals surface area contributed by atoms with Crippen LogP contribution >= 0.6 is 0 Å². The molecule has 1 amide bonds. The summed E-state index contributed by atoms with van der Waals surface area (Å²) in [4.78, 5) is 13.0. The van der Waals surface area contributed by atoms with Crippen LogP contribution in [0.3, 0.4) is 0 Å². The van der Waals surface area contributed by atoms with Crippen molar-refractivity contribution < 1.29 is 57.0 Å². The molecule has 1 rings (SSSR count). The Balaban J connectivity index is 2.59. The highest BCUT2D eigenvalue weighted by Crippen LogP contribution is 2.26. The Morgan fingerprint density at radius 2 is 1.18 bits per heavy atom. The van der Waals surface area contributed by atoms with Crippen molar-refractivity contribution in [3.8, 4) is 0 Å². The number of allylic oxidation sites excluding steroid dienone is 3. The molecule has 330 valence electrons. The Morgan fingerprint density at radius 1 is 0.714 bits per heavy atom. The van der Waals surface area contributed by atoms with Crippen LogP contribution in [0.1, 0.15) is 174 Å². The summed E-state index contributed by atoms with van der Waals surface area (Å²) in [5, 5.41) is 54.9. The average Bonchev–Trinajstić information content (AvgIpc) is 3.16. The van der Waals surface area contributed by atoms with Crippen LogP contribution < -0.4 is 5.32 Å². The number of rotatable bonds is 36. The molecule has 7 N–H and O–H groups in total. The van der Waals surface area contributed by atoms with E-state index >= 15 is 0 Å². The number of unbranched alkanes of at least 4 members (excludes halogenated alkanes) is 21. The standard InChI is InChI=1S/C42H79NO12S/c1-3-5-7-9-11-13-14-15-16-17-18-19-20-21-22-23-25-26-28-30-35(45)34(43-41(49)36(46)31-29-27-24-12-10-8-6-4-2)33-53-42-39(48)40(55-56(50,51)52)38(47)37(32-44)54-42/h24,27-28,30,34-40,42,44-48H,3-23,25-26,29,31-33H2,1-2H3,(H,43,49)(H,50,51,52)/b27-24-,30-28+. The highest BCUT2D eigenvalue weighted by atomic mass is 32.3. The smallest absolute Gasteiger partial charge is 0.394 e. The molecule has 0 spiro atoms. The van der Waals surface area contributed by atoms with Crippen molar-refractivity contribution in [2.45, 2.75) is 223 Å². The van der Waals surface area contributed by atoms with Gasteiger partial charge in [-0.1, -0.05) is 160 Å². The van der Waals surface area contributed by atoms with Crippen LogP contribution in [-0.2, 0) is 28.9 Å². The third-order valence-electron chi connectivity index (χ3n) is 10.3. The van der Waals surface area contributed by atoms with Gasteiger partial charge in [-0.15, -0.1) is 0 Å². The minimum Gasteiger partial charge on any atom is -0.394 e. The Labute approximate surface area is 338 Å². The van der Waals surface area contributed by atoms with E-state index in [-0.39, 0.29) is 6.42 Å². The molecule has 0 bridgehead atoms. The normalized spacial score (nSPS) is 22.2. The molecule has 1 heterocycles. The fourth-order valence-corrected chi connectivity index (χ4v) is 7.32. The second-order valence-electron chi connectivity index (χ2n) is 15.4. The van der Waals surface area contributed by atoms with Crippen LogP contribution in [0.15, 0.2) is 24.3 Å². The molecule has 1 saturated heterocycles. The lowest BCUT2D eigenvalue weighted by molar-refractivity contribution is -0.298. The number of amides is 1. The fourth-order valence-electron chi connectivity index (χ4n) is 6.81. The zero-order chi connectivity index (χ0) is 41.4. The number of hydrogen-bond acceptors (Lipinski definition) is 11. The largest absolute Gasteiger partial charge is 0.397 e. The number of hydrogen-bond donors (Lipinski definition) is 7. The van der Waals surface area contributed by atoms with Crippen molar-refractivity contribution in [1.82, 2.24) is 5.32 Å². The minimum absolute atomic E-state index is 0.158. The molecular formula is C42H79NO12S. The van der Waals surface area contributed by atoms with Crippen LogP contribution in [0.2, 0.25) is 0 Å². The van der Waals surface area contributed by atoms with Crippen molar-refractivity contribution in [3.05, 3.63) is 24.3 Å². The molecule has 13 nitrogen and oxygen atoms in total. The van der Waals surface area contributed by atoms with Gasteiger partial charge in [0.05, 0.1) is 25.4 Å². The second-order valence-corrected chi connectivity index (χ2v) is 16.5. The lowest BCUT2D eigenvalue weighted by Gasteiger charge is -2.41. The molecule has 1 aliphatic rings. The summed E-state index contributed by atoms with van der Waals surface area (Å²) in [5.41, 5.74) is 0. The third-order valence-corrected chi connectivity index (χ3v) is 10.8. The van der Waals surface area contributed by atoms with Crippen molar-refractivity contribution in [3.63, 3.8) is 0 Å². The van der Waals surface area contributed by atoms with Gasteiger partial charge in [-0.25, -0.2) is 4.18 Å². The average molecular weight is 822 g/mol. The van der Waals surface area contributed by atoms with E-state index in [0.717, 1.165) is 44.9 Å². The van der Waals surface area contributed by atoms with Gasteiger partial charge >= 0.3 is 10.4 Å². The lowest BCUT2D eigenvalue weighted by atomic mass is 9.99. The number of aliphatic hydroxyl groups excluding tert-OH is 5. The fraction of sp³-hybridized carbons (Fsp3) is 0.881. The van der Waals surface area contributed by atoms with Crippen LogP contribution in [0.25, 0.3) is 0 Å². The first-order valence-electron chi connectivity index (χ1n) is 21.8. The SMILES string of the molecule is CCCCCC/C=C\CCC(O)C(=O)NC(COC1OC(CO)C(O)C(OS(=O)(=O)O)C1O)C(O)/C=C/CCCCCCCCCCCCCCCCCCC. The zero-order valence-corrected chi connectivity index (χ0v) is 35.4. The topological polar surface area (TPSA) is 212 Å². The van der Waals surface area contributed by atoms with Crippen molar-refractivity contribution in [2.24, 2.45) is 0 Å². The van der Waals surface area contributed by atoms with E-state index in [2.05, 4.69) is 23.3 Å². The first-order chi connectivity index (χ1) is 26.9. The van der Waals surface area contributed by atoms with E-state index in [1.54, 1.807) is 0 Å². The van der Waals surface area contributed by atoms with Gasteiger partial charge in [-0.05, 0) is 38.5 Å². The zero-order valence-electron chi connectivity index (χ0n) is 34.6. The summed E-state index contributed by atoms with van der Waals surface area (Å²) >= 11 is 0. The van der Waals surface area contributed by atoms with Gasteiger partial charge in [0, 0.05) is 0 Å². The molecule has 0 aliphatic carbocycles. The maximum atomic E-state index is 13.0. The molecule has 0 radical (unpaired) electrons. The van der Waals surface area contributed by atoms with E-state index in [1.165, 1.54) is 102 Å². The summed E-state index contributed by atoms with van der Waals surface area (Å²) in [5.74, 6) is -0.739. The number of nitrogens with one attached hydrogen (secondary N) is 1. The molecule has 0 aromatic heterocycles. The monoisotopic (exact) mass is 822 g/mol. The predicted molar refractivity (Wildman–Crippen MR) is 219 cm³/mol. The molecule has 0 saturated carbocycles. The van der Waals surface area contributed by atoms with Crippen molar-refractivity contribution in [1.29, 1.82) is 0 Å². The molecule has 1 aliphatic heterocycles. The molecule has 56 heavy (non-hydrogen) atoms. The van der Waals surface area contributed by atoms with E-state index in [9.17, 15) is 38.7 Å². The van der Waals surface area contributed by atoms with E-state index < -0.39 is 78.5 Å². The summed E-state index contributed by atoms with van der Waals surface area (Å²) in [6.45, 7) is 3.13. The quantitative estimate of drug-likeness (QED) is 0.0199. The van der Waals surface area contributed by atoms with Crippen LogP contribution in [0.4, 0.5) is 0 Å². The Bertz CT molecular complexity index is 1120. The summed E-state index contributed by atoms with van der Waals surface area (Å²) in [6.07, 6.45) is 24.5. The minimum atomic E-state index is -5.12. The Hall–Kier alpha value is -1.46. The maximum Gasteiger partial charge on any atom is 0.397 e. The van der Waals surface area contributed by atoms with Crippen LogP contribution in [-0.4, -0.2) is 107 Å². The van der Waals surface area contributed by atoms with Gasteiger partial charge in [0.2, 0.25) is 5.91 Å². The second kappa shape index (κ2) is 33.4. The molecular weight excluding hydrogens is 743 g/mol. The number of carbonyl (C=O) groups excluding carboxylic acids is 1. The predicted octanol–water partition coefficient (Wildman–Crippen LogP) is 6.74. The summed E-state index contributed by atoms with van der Waals surface area (Å²) in [6, 6.07) is -1.13. The van der Waals surface area contributed by atoms with Gasteiger partial charge in [-0.2, -0.15) is 8.42 Å². The van der Waals surface area contributed by atoms with Gasteiger partial charge in [-0.3, -0.25) is 9.35 Å². The maximum absolute atomic E-state index is 13.0. The van der Waals surface area contributed by atoms with Gasteiger partial charge in [0.25, 0.3) is 0 Å². The third kappa shape index (κ3) is 25.8. The number of aliphatic hydroxyl groups is 5. The van der Waals surface area contributed by atoms with Gasteiger partial charge < -0.3 is 40.3 Å². The van der Waals surface area contributed by atoms with E-state index in [1.807, 2.05) is 18.2 Å². The van der Waals surface area contributed by atoms with Gasteiger partial charge in [0.15, 0.2) is 6.29 Å². The molecule has 8 unspecified atom stereocenters. The summed E-state index contributed by atoms with van der Waals surface area (Å²) < 4.78 is 47.3. The lowest BCUT2D eigenvalue weighted by Crippen LogP contribution is -2.61. The first-order valence-corrected chi connectivity index (χ1v) is 23.2. The molecule has 8 atom stereocenters. The molecule has 14 heteroatoms. The summed E-state index contributed by atoms with van der Waals surface area (Å²) in [7, 11) is -5.12. The highest BCUT2D eigenvalue weighted by molar-refractivity contribution is 7.80. The molecule has 0 aromatic carbocycles. The van der Waals surface area contributed by atoms with E-state index in [0.29, 0.717) is 12.8 Å². The van der Waals surface area contributed by atoms with Crippen LogP contribution in [0, 0.1) is 0 Å². The Kier molecular flexibility index (Phi) is 31.3. The van der Waals surface area contributed by atoms with Crippen LogP contribution in [0.5, 0.6) is 0 Å². The van der Waals surface area contributed by atoms with Crippen molar-refractivity contribution in [2.75, 3.05) is 13.2 Å². The highest BCUT2D eigenvalue weighted by Gasteiger charge is 2.48. The van der Waals surface area contributed by atoms with E-state index in [4.69, 9.17) is 14.0 Å². The number of carbonyl (C=O) groups is 1.